The number of amides is 1. The van der Waals surface area contributed by atoms with Crippen LogP contribution < -0.4 is 27.2 Å². The summed E-state index contributed by atoms with van der Waals surface area (Å²) in [6.07, 6.45) is 3.04. The molecular formula is C20H27N5O3. The first kappa shape index (κ1) is 19.7. The number of aromatic nitrogens is 2. The minimum Gasteiger partial charge on any atom is -0.383 e. The van der Waals surface area contributed by atoms with Crippen LogP contribution >= 0.6 is 0 Å². The molecule has 1 aliphatic heterocycles. The summed E-state index contributed by atoms with van der Waals surface area (Å²) in [6, 6.07) is 5.72. The molecule has 28 heavy (non-hydrogen) atoms. The number of benzene rings is 1. The van der Waals surface area contributed by atoms with Gasteiger partial charge in [0.05, 0.1) is 0 Å². The van der Waals surface area contributed by atoms with Gasteiger partial charge in [0.25, 0.3) is 5.56 Å². The summed E-state index contributed by atoms with van der Waals surface area (Å²) in [5.41, 5.74) is 7.86. The van der Waals surface area contributed by atoms with Gasteiger partial charge in [-0.3, -0.25) is 14.2 Å². The number of nitrogens with one attached hydrogen (secondary N) is 1. The van der Waals surface area contributed by atoms with Crippen LogP contribution in [0.1, 0.15) is 30.4 Å². The van der Waals surface area contributed by atoms with Crippen LogP contribution in [0.5, 0.6) is 0 Å². The molecule has 1 aromatic carbocycles. The third-order valence-electron chi connectivity index (χ3n) is 5.21. The highest BCUT2D eigenvalue weighted by Crippen LogP contribution is 2.21. The molecule has 8 heteroatoms. The van der Waals surface area contributed by atoms with Gasteiger partial charge in [0.15, 0.2) is 0 Å². The maximum atomic E-state index is 13.0. The minimum absolute atomic E-state index is 0.142. The van der Waals surface area contributed by atoms with Crippen molar-refractivity contribution in [3.05, 3.63) is 50.2 Å². The Morgan fingerprint density at radius 3 is 2.50 bits per heavy atom. The third-order valence-corrected chi connectivity index (χ3v) is 5.21. The molecule has 2 heterocycles. The molecule has 1 amide bonds. The molecular weight excluding hydrogens is 358 g/mol. The van der Waals surface area contributed by atoms with Gasteiger partial charge in [-0.15, -0.1) is 0 Å². The van der Waals surface area contributed by atoms with Crippen LogP contribution in [0.2, 0.25) is 0 Å². The van der Waals surface area contributed by atoms with E-state index >= 15 is 0 Å². The lowest BCUT2D eigenvalue weighted by Crippen LogP contribution is -2.46. The van der Waals surface area contributed by atoms with E-state index in [0.717, 1.165) is 35.0 Å². The molecule has 0 spiro atoms. The molecule has 0 saturated carbocycles. The van der Waals surface area contributed by atoms with Gasteiger partial charge in [0.2, 0.25) is 5.91 Å². The molecule has 1 fully saturated rings. The number of nitrogens with zero attached hydrogens (tertiary/aromatic N) is 3. The topological polar surface area (TPSA) is 102 Å². The zero-order valence-corrected chi connectivity index (χ0v) is 16.6. The Kier molecular flexibility index (Phi) is 5.58. The Hall–Kier alpha value is -3.03. The fraction of sp³-hybridized carbons (Fsp3) is 0.450. The molecule has 3 N–H and O–H groups in total. The number of carbonyl (C=O) groups excluding carboxylic acids is 1. The molecule has 0 aliphatic carbocycles. The van der Waals surface area contributed by atoms with Gasteiger partial charge in [0.1, 0.15) is 18.1 Å². The number of anilines is 3. The Morgan fingerprint density at radius 2 is 1.82 bits per heavy atom. The van der Waals surface area contributed by atoms with Gasteiger partial charge in [-0.1, -0.05) is 12.1 Å². The Morgan fingerprint density at radius 1 is 1.14 bits per heavy atom. The number of rotatable bonds is 4. The van der Waals surface area contributed by atoms with Gasteiger partial charge < -0.3 is 16.0 Å². The number of piperidine rings is 1. The van der Waals surface area contributed by atoms with E-state index in [2.05, 4.69) is 5.32 Å². The summed E-state index contributed by atoms with van der Waals surface area (Å²) in [7, 11) is 1.52. The normalized spacial score (nSPS) is 14.2. The van der Waals surface area contributed by atoms with Crippen LogP contribution in [0, 0.1) is 13.8 Å². The van der Waals surface area contributed by atoms with Crippen molar-refractivity contribution in [1.82, 2.24) is 9.13 Å². The third kappa shape index (κ3) is 3.81. The summed E-state index contributed by atoms with van der Waals surface area (Å²) in [4.78, 5) is 40.1. The number of hydrogen-bond acceptors (Lipinski definition) is 5. The van der Waals surface area contributed by atoms with Gasteiger partial charge >= 0.3 is 5.69 Å². The lowest BCUT2D eigenvalue weighted by atomic mass is 10.1. The fourth-order valence-electron chi connectivity index (χ4n) is 3.53. The first-order valence-corrected chi connectivity index (χ1v) is 9.51. The molecule has 0 atom stereocenters. The molecule has 1 aliphatic rings. The van der Waals surface area contributed by atoms with Crippen molar-refractivity contribution in [2.45, 2.75) is 39.7 Å². The Bertz CT molecular complexity index is 1020. The second-order valence-corrected chi connectivity index (χ2v) is 7.38. The minimum atomic E-state index is -0.598. The van der Waals surface area contributed by atoms with E-state index in [1.807, 2.05) is 36.9 Å². The molecule has 150 valence electrons. The predicted octanol–water partition coefficient (Wildman–Crippen LogP) is 1.38. The van der Waals surface area contributed by atoms with Crippen molar-refractivity contribution >= 4 is 23.1 Å². The van der Waals surface area contributed by atoms with Crippen molar-refractivity contribution in [3.63, 3.8) is 0 Å². The van der Waals surface area contributed by atoms with Crippen molar-refractivity contribution in [1.29, 1.82) is 0 Å². The summed E-state index contributed by atoms with van der Waals surface area (Å²) >= 11 is 0. The lowest BCUT2D eigenvalue weighted by molar-refractivity contribution is -0.116. The molecule has 8 nitrogen and oxygen atoms in total. The maximum Gasteiger partial charge on any atom is 0.332 e. The average molecular weight is 385 g/mol. The zero-order chi connectivity index (χ0) is 20.4. The predicted molar refractivity (Wildman–Crippen MR) is 111 cm³/mol. The van der Waals surface area contributed by atoms with Crippen LogP contribution in [0.25, 0.3) is 0 Å². The van der Waals surface area contributed by atoms with Crippen molar-refractivity contribution in [2.75, 3.05) is 29.0 Å². The smallest absolute Gasteiger partial charge is 0.332 e. The number of carbonyl (C=O) groups is 1. The van der Waals surface area contributed by atoms with E-state index in [1.165, 1.54) is 11.6 Å². The Balaban J connectivity index is 1.94. The van der Waals surface area contributed by atoms with Crippen molar-refractivity contribution in [2.24, 2.45) is 7.05 Å². The summed E-state index contributed by atoms with van der Waals surface area (Å²) in [6.45, 7) is 4.89. The summed E-state index contributed by atoms with van der Waals surface area (Å²) in [5.74, 6) is -0.287. The monoisotopic (exact) mass is 385 g/mol. The van der Waals surface area contributed by atoms with E-state index in [-0.39, 0.29) is 12.4 Å². The molecule has 2 aromatic rings. The highest BCUT2D eigenvalue weighted by molar-refractivity contribution is 5.91. The fourth-order valence-corrected chi connectivity index (χ4v) is 3.53. The van der Waals surface area contributed by atoms with E-state index in [0.29, 0.717) is 24.5 Å². The van der Waals surface area contributed by atoms with Gasteiger partial charge in [-0.25, -0.2) is 9.36 Å². The van der Waals surface area contributed by atoms with E-state index < -0.39 is 17.2 Å². The van der Waals surface area contributed by atoms with E-state index in [9.17, 15) is 14.4 Å². The number of aryl methyl sites for hydroxylation is 2. The lowest BCUT2D eigenvalue weighted by Gasteiger charge is -2.29. The van der Waals surface area contributed by atoms with Crippen molar-refractivity contribution < 1.29 is 4.79 Å². The Labute approximate surface area is 163 Å². The molecule has 3 rings (SSSR count). The first-order valence-electron chi connectivity index (χ1n) is 9.51. The summed E-state index contributed by atoms with van der Waals surface area (Å²) in [5, 5.41) is 2.80. The van der Waals surface area contributed by atoms with Crippen LogP contribution in [-0.4, -0.2) is 28.1 Å². The van der Waals surface area contributed by atoms with Crippen molar-refractivity contribution in [3.8, 4) is 0 Å². The molecule has 0 radical (unpaired) electrons. The number of nitrogens with two attached hydrogens (primary N) is 1. The number of nitrogen functional groups attached to an aromatic ring is 1. The average Bonchev–Trinajstić information content (AvgIpc) is 2.67. The first-order chi connectivity index (χ1) is 13.3. The molecule has 0 unspecified atom stereocenters. The second kappa shape index (κ2) is 7.92. The molecule has 1 saturated heterocycles. The maximum absolute atomic E-state index is 13.0. The van der Waals surface area contributed by atoms with Crippen LogP contribution in [0.3, 0.4) is 0 Å². The molecule has 1 aromatic heterocycles. The summed E-state index contributed by atoms with van der Waals surface area (Å²) < 4.78 is 2.19. The van der Waals surface area contributed by atoms with Gasteiger partial charge in [-0.05, 0) is 50.3 Å². The van der Waals surface area contributed by atoms with E-state index in [1.54, 1.807) is 0 Å². The van der Waals surface area contributed by atoms with E-state index in [4.69, 9.17) is 5.73 Å². The van der Waals surface area contributed by atoms with Gasteiger partial charge in [-0.2, -0.15) is 0 Å². The van der Waals surface area contributed by atoms with Gasteiger partial charge in [0, 0.05) is 25.8 Å². The van der Waals surface area contributed by atoms with Crippen LogP contribution in [0.4, 0.5) is 17.2 Å². The van der Waals surface area contributed by atoms with Crippen LogP contribution in [-0.2, 0) is 18.4 Å². The SMILES string of the molecule is Cc1ccc(C)c(NC(=O)Cn2c(=O)c(N3CCCCC3)c(N)n(C)c2=O)c1. The quantitative estimate of drug-likeness (QED) is 0.828. The highest BCUT2D eigenvalue weighted by Gasteiger charge is 2.23. The largest absolute Gasteiger partial charge is 0.383 e. The highest BCUT2D eigenvalue weighted by atomic mass is 16.2. The standard InChI is InChI=1S/C20H27N5O3/c1-13-7-8-14(2)15(11-13)22-16(26)12-25-19(27)17(18(21)23(3)20(25)28)24-9-5-4-6-10-24/h7-8,11H,4-6,9-10,12,21H2,1-3H3,(H,22,26). The zero-order valence-electron chi connectivity index (χ0n) is 16.6. The van der Waals surface area contributed by atoms with Crippen LogP contribution in [0.15, 0.2) is 27.8 Å². The molecule has 0 bridgehead atoms. The number of hydrogen-bond donors (Lipinski definition) is 2. The second-order valence-electron chi connectivity index (χ2n) is 7.38.